The Bertz CT molecular complexity index is 1090. The van der Waals surface area contributed by atoms with Gasteiger partial charge in [-0.3, -0.25) is 4.79 Å². The molecule has 3 N–H and O–H groups in total. The molecular weight excluding hydrogens is 328 g/mol. The van der Waals surface area contributed by atoms with Crippen molar-refractivity contribution in [2.75, 3.05) is 0 Å². The molecule has 0 aromatic heterocycles. The molecule has 0 saturated carbocycles. The fraction of sp³-hybridized carbons (Fsp3) is 0.0952. The van der Waals surface area contributed by atoms with E-state index in [4.69, 9.17) is 11.0 Å². The van der Waals surface area contributed by atoms with Crippen molar-refractivity contribution in [1.29, 1.82) is 5.26 Å². The van der Waals surface area contributed by atoms with Gasteiger partial charge in [-0.2, -0.15) is 5.26 Å². The Hall–Kier alpha value is -3.65. The Morgan fingerprint density at radius 3 is 2.46 bits per heavy atom. The molecule has 0 saturated heterocycles. The number of carbonyl (C=O) groups excluding carboxylic acids is 1. The summed E-state index contributed by atoms with van der Waals surface area (Å²) in [6.45, 7) is 2.04. The van der Waals surface area contributed by atoms with Crippen LogP contribution in [0.3, 0.4) is 0 Å². The Morgan fingerprint density at radius 2 is 1.85 bits per heavy atom. The predicted molar refractivity (Wildman–Crippen MR) is 99.0 cm³/mol. The zero-order valence-electron chi connectivity index (χ0n) is 14.1. The van der Waals surface area contributed by atoms with Crippen LogP contribution in [0.25, 0.3) is 21.9 Å². The van der Waals surface area contributed by atoms with Gasteiger partial charge in [0.1, 0.15) is 0 Å². The van der Waals surface area contributed by atoms with Gasteiger partial charge < -0.3 is 10.8 Å². The number of primary amides is 1. The van der Waals surface area contributed by atoms with Crippen LogP contribution in [0.1, 0.15) is 38.8 Å². The van der Waals surface area contributed by atoms with Gasteiger partial charge in [-0.1, -0.05) is 37.3 Å². The van der Waals surface area contributed by atoms with Crippen LogP contribution >= 0.6 is 0 Å². The highest BCUT2D eigenvalue weighted by atomic mass is 16.4. The smallest absolute Gasteiger partial charge is 0.336 e. The molecule has 5 nitrogen and oxygen atoms in total. The minimum absolute atomic E-state index is 0.0429. The number of nitrogens with two attached hydrogens (primary N) is 1. The van der Waals surface area contributed by atoms with Gasteiger partial charge in [0.15, 0.2) is 0 Å². The van der Waals surface area contributed by atoms with E-state index in [1.165, 1.54) is 12.1 Å². The van der Waals surface area contributed by atoms with E-state index in [1.807, 2.05) is 37.3 Å². The van der Waals surface area contributed by atoms with Gasteiger partial charge in [-0.05, 0) is 46.5 Å². The molecule has 0 heterocycles. The molecule has 0 atom stereocenters. The molecule has 0 fully saturated rings. The Kier molecular flexibility index (Phi) is 4.42. The zero-order valence-corrected chi connectivity index (χ0v) is 14.1. The average molecular weight is 344 g/mol. The number of carboxylic acids is 1. The topological polar surface area (TPSA) is 104 Å². The van der Waals surface area contributed by atoms with Crippen molar-refractivity contribution < 1.29 is 14.7 Å². The van der Waals surface area contributed by atoms with Crippen LogP contribution in [0, 0.1) is 11.3 Å². The van der Waals surface area contributed by atoms with Crippen molar-refractivity contribution in [3.63, 3.8) is 0 Å². The summed E-state index contributed by atoms with van der Waals surface area (Å²) >= 11 is 0. The van der Waals surface area contributed by atoms with E-state index in [0.29, 0.717) is 11.1 Å². The normalized spacial score (nSPS) is 10.5. The summed E-state index contributed by atoms with van der Waals surface area (Å²) < 4.78 is 0. The van der Waals surface area contributed by atoms with E-state index < -0.39 is 11.9 Å². The molecule has 3 rings (SSSR count). The molecule has 0 aliphatic carbocycles. The largest absolute Gasteiger partial charge is 0.478 e. The lowest BCUT2D eigenvalue weighted by Gasteiger charge is -2.15. The molecule has 1 amide bonds. The van der Waals surface area contributed by atoms with Crippen molar-refractivity contribution in [1.82, 2.24) is 0 Å². The van der Waals surface area contributed by atoms with Crippen LogP contribution in [0.2, 0.25) is 0 Å². The zero-order chi connectivity index (χ0) is 18.8. The van der Waals surface area contributed by atoms with Gasteiger partial charge in [0, 0.05) is 11.1 Å². The quantitative estimate of drug-likeness (QED) is 0.752. The van der Waals surface area contributed by atoms with Gasteiger partial charge in [0.25, 0.3) is 0 Å². The maximum absolute atomic E-state index is 12.0. The van der Waals surface area contributed by atoms with Crippen molar-refractivity contribution in [2.45, 2.75) is 13.3 Å². The molecular formula is C21H16N2O3. The molecule has 0 aliphatic rings. The second-order valence-electron chi connectivity index (χ2n) is 5.94. The van der Waals surface area contributed by atoms with E-state index in [9.17, 15) is 14.7 Å². The first-order valence-electron chi connectivity index (χ1n) is 8.09. The summed E-state index contributed by atoms with van der Waals surface area (Å²) in [5.41, 5.74) is 7.95. The van der Waals surface area contributed by atoms with Crippen LogP contribution in [-0.4, -0.2) is 17.0 Å². The summed E-state index contributed by atoms with van der Waals surface area (Å²) in [7, 11) is 0. The summed E-state index contributed by atoms with van der Waals surface area (Å²) in [6.07, 6.45) is 0.861. The van der Waals surface area contributed by atoms with Crippen LogP contribution in [0.15, 0.2) is 48.5 Å². The summed E-state index contributed by atoms with van der Waals surface area (Å²) in [6, 6.07) is 15.6. The van der Waals surface area contributed by atoms with Gasteiger partial charge in [0.05, 0.1) is 17.2 Å². The first-order chi connectivity index (χ1) is 12.5. The van der Waals surface area contributed by atoms with E-state index >= 15 is 0 Å². The predicted octanol–water partition coefficient (Wildman–Crippen LogP) is 3.74. The lowest BCUT2D eigenvalue weighted by atomic mass is 9.88. The molecule has 0 radical (unpaired) electrons. The summed E-state index contributed by atoms with van der Waals surface area (Å²) in [5.74, 6) is -1.81. The number of nitriles is 1. The van der Waals surface area contributed by atoms with E-state index in [0.717, 1.165) is 22.8 Å². The number of hydrogen-bond acceptors (Lipinski definition) is 3. The third-order valence-electron chi connectivity index (χ3n) is 4.41. The third-order valence-corrected chi connectivity index (χ3v) is 4.41. The minimum Gasteiger partial charge on any atom is -0.478 e. The average Bonchev–Trinajstić information content (AvgIpc) is 2.65. The minimum atomic E-state index is -1.17. The van der Waals surface area contributed by atoms with E-state index in [-0.39, 0.29) is 16.7 Å². The van der Waals surface area contributed by atoms with Gasteiger partial charge in [-0.25, -0.2) is 4.79 Å². The monoisotopic (exact) mass is 344 g/mol. The molecule has 0 bridgehead atoms. The maximum atomic E-state index is 12.0. The summed E-state index contributed by atoms with van der Waals surface area (Å²) in [5, 5.41) is 20.3. The van der Waals surface area contributed by atoms with Crippen LogP contribution in [0.5, 0.6) is 0 Å². The van der Waals surface area contributed by atoms with Crippen molar-refractivity contribution in [2.24, 2.45) is 5.73 Å². The maximum Gasteiger partial charge on any atom is 0.336 e. The number of aromatic carboxylic acids is 1. The van der Waals surface area contributed by atoms with E-state index in [1.54, 1.807) is 12.1 Å². The highest BCUT2D eigenvalue weighted by molar-refractivity contribution is 6.12. The number of amides is 1. The van der Waals surface area contributed by atoms with Crippen LogP contribution in [0.4, 0.5) is 0 Å². The Balaban J connectivity index is 2.43. The highest BCUT2D eigenvalue weighted by Gasteiger charge is 2.20. The number of carbonyl (C=O) groups is 2. The molecule has 128 valence electrons. The summed E-state index contributed by atoms with van der Waals surface area (Å²) in [4.78, 5) is 23.7. The SMILES string of the molecule is CCc1ccc2c(-c3ccc(C#N)cc3C(=O)O)c(C(N)=O)ccc2c1. The second-order valence-corrected chi connectivity index (χ2v) is 5.94. The lowest BCUT2D eigenvalue weighted by Crippen LogP contribution is -2.13. The number of hydrogen-bond donors (Lipinski definition) is 2. The molecule has 5 heteroatoms. The number of fused-ring (bicyclic) bond motifs is 1. The first kappa shape index (κ1) is 17.2. The molecule has 3 aromatic carbocycles. The highest BCUT2D eigenvalue weighted by Crippen LogP contribution is 2.35. The number of benzene rings is 3. The second kappa shape index (κ2) is 6.69. The molecule has 0 unspecified atom stereocenters. The Labute approximate surface area is 150 Å². The van der Waals surface area contributed by atoms with Gasteiger partial charge in [0.2, 0.25) is 5.91 Å². The molecule has 26 heavy (non-hydrogen) atoms. The fourth-order valence-corrected chi connectivity index (χ4v) is 3.10. The molecule has 0 aliphatic heterocycles. The fourth-order valence-electron chi connectivity index (χ4n) is 3.10. The number of aryl methyl sites for hydroxylation is 1. The number of nitrogens with zero attached hydrogens (tertiary/aromatic N) is 1. The van der Waals surface area contributed by atoms with Crippen LogP contribution < -0.4 is 5.73 Å². The van der Waals surface area contributed by atoms with Crippen molar-refractivity contribution in [3.8, 4) is 17.2 Å². The van der Waals surface area contributed by atoms with Crippen LogP contribution in [-0.2, 0) is 6.42 Å². The number of carboxylic acid groups (broad SMARTS) is 1. The standard InChI is InChI=1S/C21H16N2O3/c1-2-12-3-6-15-14(9-12)5-8-17(20(23)24)19(15)16-7-4-13(11-22)10-18(16)21(25)26/h3-10H,2H2,1H3,(H2,23,24)(H,25,26). The lowest BCUT2D eigenvalue weighted by molar-refractivity contribution is 0.0697. The molecule has 0 spiro atoms. The van der Waals surface area contributed by atoms with E-state index in [2.05, 4.69) is 0 Å². The Morgan fingerprint density at radius 1 is 1.08 bits per heavy atom. The van der Waals surface area contributed by atoms with Crippen molar-refractivity contribution >= 4 is 22.6 Å². The van der Waals surface area contributed by atoms with Crippen molar-refractivity contribution in [3.05, 3.63) is 70.8 Å². The number of rotatable bonds is 4. The van der Waals surface area contributed by atoms with Gasteiger partial charge >= 0.3 is 5.97 Å². The molecule has 3 aromatic rings. The first-order valence-corrected chi connectivity index (χ1v) is 8.09. The third kappa shape index (κ3) is 2.89. The van der Waals surface area contributed by atoms with Gasteiger partial charge in [-0.15, -0.1) is 0 Å².